The monoisotopic (exact) mass is 394 g/mol. The summed E-state index contributed by atoms with van der Waals surface area (Å²) in [5.74, 6) is 0.513. The molecule has 1 aliphatic heterocycles. The lowest BCUT2D eigenvalue weighted by Gasteiger charge is -2.39. The molecule has 0 saturated heterocycles. The number of anilines is 1. The standard InChI is InChI=1S/C25H22N4O/c1-18-12-14-21(15-13-18)24(30)28-22(19-8-4-2-5-9-19)16-23(20-10-6-3-7-11-20)29-25(28)26-17-27-29/h2-15,17,22-23H,16H2,1H3. The Morgan fingerprint density at radius 1 is 0.833 bits per heavy atom. The third kappa shape index (κ3) is 3.18. The highest BCUT2D eigenvalue weighted by Gasteiger charge is 2.39. The van der Waals surface area contributed by atoms with E-state index < -0.39 is 0 Å². The number of benzene rings is 3. The molecule has 0 fully saturated rings. The van der Waals surface area contributed by atoms with Crippen molar-refractivity contribution in [2.45, 2.75) is 25.4 Å². The highest BCUT2D eigenvalue weighted by molar-refractivity contribution is 6.05. The summed E-state index contributed by atoms with van der Waals surface area (Å²) in [5, 5.41) is 4.49. The van der Waals surface area contributed by atoms with E-state index in [1.807, 2.05) is 72.3 Å². The number of carbonyl (C=O) groups is 1. The van der Waals surface area contributed by atoms with Gasteiger partial charge < -0.3 is 0 Å². The second-order valence-electron chi connectivity index (χ2n) is 7.63. The molecule has 4 aromatic rings. The Hall–Kier alpha value is -3.73. The van der Waals surface area contributed by atoms with Crippen LogP contribution in [0.3, 0.4) is 0 Å². The molecule has 1 aromatic heterocycles. The van der Waals surface area contributed by atoms with Gasteiger partial charge in [0.1, 0.15) is 6.33 Å². The molecule has 5 rings (SSSR count). The van der Waals surface area contributed by atoms with Crippen LogP contribution in [-0.4, -0.2) is 20.7 Å². The van der Waals surface area contributed by atoms with Crippen LogP contribution < -0.4 is 4.90 Å². The van der Waals surface area contributed by atoms with Gasteiger partial charge in [0.2, 0.25) is 5.95 Å². The SMILES string of the molecule is Cc1ccc(C(=O)N2c3ncnn3C(c3ccccc3)CC2c2ccccc2)cc1. The molecule has 5 nitrogen and oxygen atoms in total. The highest BCUT2D eigenvalue weighted by atomic mass is 16.2. The fourth-order valence-electron chi connectivity index (χ4n) is 4.17. The van der Waals surface area contributed by atoms with Gasteiger partial charge in [0, 0.05) is 5.56 Å². The molecule has 3 aromatic carbocycles. The number of amides is 1. The number of hydrogen-bond donors (Lipinski definition) is 0. The van der Waals surface area contributed by atoms with Crippen molar-refractivity contribution in [3.05, 3.63) is 114 Å². The number of nitrogens with zero attached hydrogens (tertiary/aromatic N) is 4. The van der Waals surface area contributed by atoms with Crippen LogP contribution in [0, 0.1) is 6.92 Å². The number of aryl methyl sites for hydroxylation is 1. The normalized spacial score (nSPS) is 18.1. The first-order chi connectivity index (χ1) is 14.7. The third-order valence-electron chi connectivity index (χ3n) is 5.71. The molecule has 0 bridgehead atoms. The van der Waals surface area contributed by atoms with Crippen LogP contribution >= 0.6 is 0 Å². The minimum absolute atomic E-state index is 0.0102. The molecule has 0 radical (unpaired) electrons. The molecule has 1 amide bonds. The summed E-state index contributed by atoms with van der Waals surface area (Å²) in [6.45, 7) is 2.02. The quantitative estimate of drug-likeness (QED) is 0.493. The molecule has 0 aliphatic carbocycles. The number of fused-ring (bicyclic) bond motifs is 1. The van der Waals surface area contributed by atoms with Gasteiger partial charge in [-0.2, -0.15) is 10.1 Å². The largest absolute Gasteiger partial charge is 0.269 e. The predicted octanol–water partition coefficient (Wildman–Crippen LogP) is 4.97. The molecule has 0 saturated carbocycles. The summed E-state index contributed by atoms with van der Waals surface area (Å²) in [5.41, 5.74) is 4.02. The Labute approximate surface area is 175 Å². The number of aromatic nitrogens is 3. The Balaban J connectivity index is 1.64. The Morgan fingerprint density at radius 2 is 1.43 bits per heavy atom. The van der Waals surface area contributed by atoms with Gasteiger partial charge in [0.25, 0.3) is 5.91 Å². The van der Waals surface area contributed by atoms with E-state index in [2.05, 4.69) is 34.3 Å². The van der Waals surface area contributed by atoms with Crippen molar-refractivity contribution in [3.8, 4) is 0 Å². The molecule has 5 heteroatoms. The van der Waals surface area contributed by atoms with Crippen molar-refractivity contribution in [2.75, 3.05) is 4.90 Å². The van der Waals surface area contributed by atoms with Crippen molar-refractivity contribution >= 4 is 11.9 Å². The summed E-state index contributed by atoms with van der Waals surface area (Å²) >= 11 is 0. The lowest BCUT2D eigenvalue weighted by Crippen LogP contribution is -2.42. The fourth-order valence-corrected chi connectivity index (χ4v) is 4.17. The van der Waals surface area contributed by atoms with Gasteiger partial charge in [-0.3, -0.25) is 9.69 Å². The maximum atomic E-state index is 13.6. The molecule has 0 spiro atoms. The van der Waals surface area contributed by atoms with Gasteiger partial charge in [-0.15, -0.1) is 0 Å². The average molecular weight is 394 g/mol. The van der Waals surface area contributed by atoms with Gasteiger partial charge in [0.15, 0.2) is 0 Å². The molecule has 1 aliphatic rings. The maximum absolute atomic E-state index is 13.6. The first-order valence-corrected chi connectivity index (χ1v) is 10.1. The highest BCUT2D eigenvalue weighted by Crippen LogP contribution is 2.42. The molecular weight excluding hydrogens is 372 g/mol. The topological polar surface area (TPSA) is 51.0 Å². The van der Waals surface area contributed by atoms with Crippen LogP contribution in [0.25, 0.3) is 0 Å². The van der Waals surface area contributed by atoms with Gasteiger partial charge in [-0.1, -0.05) is 78.4 Å². The van der Waals surface area contributed by atoms with E-state index in [1.165, 1.54) is 6.33 Å². The minimum atomic E-state index is -0.137. The lowest BCUT2D eigenvalue weighted by molar-refractivity contribution is 0.0963. The second-order valence-corrected chi connectivity index (χ2v) is 7.63. The molecule has 2 heterocycles. The van der Waals surface area contributed by atoms with Crippen LogP contribution in [0.5, 0.6) is 0 Å². The molecule has 2 unspecified atom stereocenters. The van der Waals surface area contributed by atoms with Crippen LogP contribution in [0.2, 0.25) is 0 Å². The molecule has 148 valence electrons. The van der Waals surface area contributed by atoms with Gasteiger partial charge in [-0.25, -0.2) is 4.68 Å². The van der Waals surface area contributed by atoms with E-state index in [-0.39, 0.29) is 18.0 Å². The minimum Gasteiger partial charge on any atom is -0.269 e. The van der Waals surface area contributed by atoms with Crippen molar-refractivity contribution in [1.29, 1.82) is 0 Å². The Morgan fingerprint density at radius 3 is 2.07 bits per heavy atom. The van der Waals surface area contributed by atoms with Gasteiger partial charge >= 0.3 is 0 Å². The summed E-state index contributed by atoms with van der Waals surface area (Å²) < 4.78 is 1.88. The maximum Gasteiger partial charge on any atom is 0.261 e. The van der Waals surface area contributed by atoms with Crippen LogP contribution in [0.1, 0.15) is 45.6 Å². The molecule has 30 heavy (non-hydrogen) atoms. The number of hydrogen-bond acceptors (Lipinski definition) is 3. The van der Waals surface area contributed by atoms with E-state index in [0.29, 0.717) is 11.5 Å². The molecule has 0 N–H and O–H groups in total. The third-order valence-corrected chi connectivity index (χ3v) is 5.71. The second kappa shape index (κ2) is 7.59. The van der Waals surface area contributed by atoms with Crippen LogP contribution in [-0.2, 0) is 0 Å². The van der Waals surface area contributed by atoms with Crippen molar-refractivity contribution < 1.29 is 4.79 Å². The van der Waals surface area contributed by atoms with E-state index in [0.717, 1.165) is 23.1 Å². The molecular formula is C25H22N4O. The van der Waals surface area contributed by atoms with Crippen molar-refractivity contribution in [2.24, 2.45) is 0 Å². The molecule has 2 atom stereocenters. The summed E-state index contributed by atoms with van der Waals surface area (Å²) in [6, 6.07) is 28.0. The van der Waals surface area contributed by atoms with E-state index in [4.69, 9.17) is 0 Å². The number of carbonyl (C=O) groups excluding carboxylic acids is 1. The Bertz CT molecular complexity index is 1150. The van der Waals surface area contributed by atoms with E-state index >= 15 is 0 Å². The number of rotatable bonds is 3. The fraction of sp³-hybridized carbons (Fsp3) is 0.160. The zero-order valence-corrected chi connectivity index (χ0v) is 16.7. The van der Waals surface area contributed by atoms with Crippen molar-refractivity contribution in [3.63, 3.8) is 0 Å². The zero-order chi connectivity index (χ0) is 20.5. The smallest absolute Gasteiger partial charge is 0.261 e. The van der Waals surface area contributed by atoms with Gasteiger partial charge in [-0.05, 0) is 36.6 Å². The zero-order valence-electron chi connectivity index (χ0n) is 16.7. The van der Waals surface area contributed by atoms with E-state index in [9.17, 15) is 4.79 Å². The first kappa shape index (κ1) is 18.3. The first-order valence-electron chi connectivity index (χ1n) is 10.1. The Kier molecular flexibility index (Phi) is 4.64. The van der Waals surface area contributed by atoms with Crippen molar-refractivity contribution in [1.82, 2.24) is 14.8 Å². The summed E-state index contributed by atoms with van der Waals surface area (Å²) in [4.78, 5) is 20.0. The average Bonchev–Trinajstić information content (AvgIpc) is 3.29. The summed E-state index contributed by atoms with van der Waals surface area (Å²) in [6.07, 6.45) is 2.26. The summed E-state index contributed by atoms with van der Waals surface area (Å²) in [7, 11) is 0. The van der Waals surface area contributed by atoms with Gasteiger partial charge in [0.05, 0.1) is 12.1 Å². The lowest BCUT2D eigenvalue weighted by atomic mass is 9.91. The predicted molar refractivity (Wildman–Crippen MR) is 116 cm³/mol. The van der Waals surface area contributed by atoms with Crippen LogP contribution in [0.15, 0.2) is 91.3 Å². The van der Waals surface area contributed by atoms with E-state index in [1.54, 1.807) is 4.90 Å². The van der Waals surface area contributed by atoms with Crippen LogP contribution in [0.4, 0.5) is 5.95 Å².